The van der Waals surface area contributed by atoms with Crippen molar-refractivity contribution < 1.29 is 43.0 Å². The predicted octanol–water partition coefficient (Wildman–Crippen LogP) is 2.39. The van der Waals surface area contributed by atoms with Crippen LogP contribution in [0, 0.1) is 0 Å². The second-order valence-electron chi connectivity index (χ2n) is 8.80. The van der Waals surface area contributed by atoms with Gasteiger partial charge in [0.05, 0.1) is 6.61 Å². The Morgan fingerprint density at radius 3 is 1.45 bits per heavy atom. The Labute approximate surface area is 218 Å². The van der Waals surface area contributed by atoms with Crippen molar-refractivity contribution in [3.05, 3.63) is 0 Å². The summed E-state index contributed by atoms with van der Waals surface area (Å²) in [5.41, 5.74) is 0. The number of aliphatic hydroxyl groups excluding tert-OH is 6. The summed E-state index contributed by atoms with van der Waals surface area (Å²) in [6.45, 7) is 1.41. The molecule has 0 saturated heterocycles. The zero-order valence-electron chi connectivity index (χ0n) is 22.6. The van der Waals surface area contributed by atoms with E-state index in [-0.39, 0.29) is 32.3 Å². The number of carbonyl (C=O) groups excluding carboxylic acids is 1. The van der Waals surface area contributed by atoms with Gasteiger partial charge in [0.1, 0.15) is 24.4 Å². The van der Waals surface area contributed by atoms with Crippen molar-refractivity contribution in [3.63, 3.8) is 0 Å². The van der Waals surface area contributed by atoms with Crippen LogP contribution in [0.2, 0.25) is 0 Å². The molecule has 9 heteroatoms. The van der Waals surface area contributed by atoms with Gasteiger partial charge in [-0.2, -0.15) is 0 Å². The van der Waals surface area contributed by atoms with Gasteiger partial charge in [-0.15, -0.1) is 0 Å². The second kappa shape index (κ2) is 23.7. The number of hydrogen-bond acceptors (Lipinski definition) is 8. The molecule has 6 N–H and O–H groups in total. The van der Waals surface area contributed by atoms with Crippen LogP contribution in [-0.2, 0) is 9.53 Å². The summed E-state index contributed by atoms with van der Waals surface area (Å²) in [5, 5.41) is 56.6. The molecule has 0 aliphatic heterocycles. The van der Waals surface area contributed by atoms with Crippen LogP contribution in [0.15, 0.2) is 0 Å². The minimum Gasteiger partial charge on any atom is -1.00 e. The molecule has 0 fully saturated rings. The van der Waals surface area contributed by atoms with Crippen LogP contribution >= 0.6 is 0 Å². The topological polar surface area (TPSA) is 148 Å². The minimum atomic E-state index is -2.03. The van der Waals surface area contributed by atoms with E-state index in [9.17, 15) is 30.3 Å². The maximum absolute atomic E-state index is 11.7. The Kier molecular flexibility index (Phi) is 25.3. The maximum Gasteiger partial charge on any atom is 2.00 e. The molecule has 1 unspecified atom stereocenters. The van der Waals surface area contributed by atoms with Crippen LogP contribution in [-0.4, -0.2) is 97.0 Å². The number of unbranched alkanes of at least 4 members (excludes halogenated alkanes) is 14. The molecule has 0 bridgehead atoms. The monoisotopic (exact) mass is 490 g/mol. The zero-order chi connectivity index (χ0) is 24.2. The maximum atomic E-state index is 11.7. The standard InChI is InChI=1S/C24H48O8.Mg.2H/c1-2-3-4-5-6-7-8-9-10-11-12-13-14-15-16-17-20(27)32-24(31)23(30)22(29)21(28)19(26)18-25;;;/h19,21-26,28-31H,2-18H2,1H3;;;/q;+2;2*-1/t19-,21-,22+,23+,24?;;;/m1.../s1. The molecule has 0 radical (unpaired) electrons. The van der Waals surface area contributed by atoms with E-state index in [0.717, 1.165) is 19.3 Å². The van der Waals surface area contributed by atoms with Gasteiger partial charge in [0.2, 0.25) is 6.29 Å². The average molecular weight is 491 g/mol. The van der Waals surface area contributed by atoms with Gasteiger partial charge in [0.15, 0.2) is 0 Å². The number of esters is 1. The quantitative estimate of drug-likeness (QED) is 0.0586. The summed E-state index contributed by atoms with van der Waals surface area (Å²) >= 11 is 0. The largest absolute Gasteiger partial charge is 2.00 e. The number of ether oxygens (including phenoxy) is 1. The van der Waals surface area contributed by atoms with E-state index in [1.54, 1.807) is 0 Å². The van der Waals surface area contributed by atoms with Gasteiger partial charge in [0, 0.05) is 6.42 Å². The van der Waals surface area contributed by atoms with Crippen LogP contribution in [0.1, 0.15) is 113 Å². The summed E-state index contributed by atoms with van der Waals surface area (Å²) < 4.78 is 4.67. The van der Waals surface area contributed by atoms with Crippen LogP contribution < -0.4 is 0 Å². The molecule has 8 nitrogen and oxygen atoms in total. The van der Waals surface area contributed by atoms with Crippen molar-refractivity contribution in [2.75, 3.05) is 6.61 Å². The Balaban J connectivity index is -0.00000160. The first kappa shape index (κ1) is 35.2. The number of hydrogen-bond donors (Lipinski definition) is 6. The third-order valence-corrected chi connectivity index (χ3v) is 5.81. The van der Waals surface area contributed by atoms with Crippen LogP contribution in [0.4, 0.5) is 0 Å². The van der Waals surface area contributed by atoms with Crippen LogP contribution in [0.25, 0.3) is 0 Å². The van der Waals surface area contributed by atoms with E-state index in [0.29, 0.717) is 6.42 Å². The molecule has 196 valence electrons. The van der Waals surface area contributed by atoms with Crippen molar-refractivity contribution in [3.8, 4) is 0 Å². The number of carbonyl (C=O) groups is 1. The van der Waals surface area contributed by atoms with Gasteiger partial charge < -0.3 is 38.2 Å². The van der Waals surface area contributed by atoms with Gasteiger partial charge >= 0.3 is 29.0 Å². The predicted molar refractivity (Wildman–Crippen MR) is 131 cm³/mol. The van der Waals surface area contributed by atoms with Crippen molar-refractivity contribution in [2.24, 2.45) is 0 Å². The van der Waals surface area contributed by atoms with Gasteiger partial charge in [-0.3, -0.25) is 4.79 Å². The molecular formula is C24H50MgO8. The van der Waals surface area contributed by atoms with Crippen molar-refractivity contribution in [1.82, 2.24) is 0 Å². The molecule has 0 aromatic heterocycles. The van der Waals surface area contributed by atoms with Crippen molar-refractivity contribution >= 4 is 29.0 Å². The molecule has 0 heterocycles. The van der Waals surface area contributed by atoms with Crippen molar-refractivity contribution in [1.29, 1.82) is 0 Å². The van der Waals surface area contributed by atoms with E-state index in [1.165, 1.54) is 70.6 Å². The van der Waals surface area contributed by atoms with Gasteiger partial charge in [-0.25, -0.2) is 0 Å². The molecule has 0 saturated carbocycles. The fourth-order valence-corrected chi connectivity index (χ4v) is 3.61. The summed E-state index contributed by atoms with van der Waals surface area (Å²) in [7, 11) is 0. The molecule has 0 aromatic rings. The fourth-order valence-electron chi connectivity index (χ4n) is 3.61. The third-order valence-electron chi connectivity index (χ3n) is 5.81. The van der Waals surface area contributed by atoms with E-state index in [1.807, 2.05) is 0 Å². The van der Waals surface area contributed by atoms with E-state index < -0.39 is 43.3 Å². The van der Waals surface area contributed by atoms with Gasteiger partial charge in [0.25, 0.3) is 0 Å². The van der Waals surface area contributed by atoms with Crippen LogP contribution in [0.5, 0.6) is 0 Å². The Hall–Kier alpha value is -0.00377. The number of aliphatic hydroxyl groups is 6. The smallest absolute Gasteiger partial charge is 1.00 e. The Bertz CT molecular complexity index is 452. The number of rotatable bonds is 22. The Morgan fingerprint density at radius 1 is 0.667 bits per heavy atom. The average Bonchev–Trinajstić information content (AvgIpc) is 2.79. The van der Waals surface area contributed by atoms with Crippen molar-refractivity contribution in [2.45, 2.75) is 140 Å². The normalized spacial score (nSPS) is 15.8. The van der Waals surface area contributed by atoms with Gasteiger partial charge in [-0.05, 0) is 6.42 Å². The summed E-state index contributed by atoms with van der Waals surface area (Å²) in [6, 6.07) is 0. The molecule has 0 aliphatic rings. The molecule has 0 amide bonds. The van der Waals surface area contributed by atoms with E-state index >= 15 is 0 Å². The van der Waals surface area contributed by atoms with E-state index in [4.69, 9.17) is 5.11 Å². The summed E-state index contributed by atoms with van der Waals surface area (Å²) in [5.74, 6) is -0.712. The SMILES string of the molecule is CCCCCCCCCCCCCCCCCC(=O)OC(O)[C@@H](O)[C@@H](O)[C@H](O)[C@H](O)CO.[H-].[H-].[Mg+2]. The van der Waals surface area contributed by atoms with Gasteiger partial charge in [-0.1, -0.05) is 96.8 Å². The molecule has 0 rings (SSSR count). The third kappa shape index (κ3) is 18.9. The molecule has 0 aliphatic carbocycles. The molecule has 0 spiro atoms. The fraction of sp³-hybridized carbons (Fsp3) is 0.958. The van der Waals surface area contributed by atoms with E-state index in [2.05, 4.69) is 11.7 Å². The molecule has 0 aromatic carbocycles. The molecular weight excluding hydrogens is 441 g/mol. The second-order valence-corrected chi connectivity index (χ2v) is 8.80. The molecule has 33 heavy (non-hydrogen) atoms. The Morgan fingerprint density at radius 2 is 1.06 bits per heavy atom. The van der Waals surface area contributed by atoms with Crippen LogP contribution in [0.3, 0.4) is 0 Å². The summed E-state index contributed by atoms with van der Waals surface area (Å²) in [4.78, 5) is 11.7. The first-order valence-electron chi connectivity index (χ1n) is 12.6. The first-order valence-corrected chi connectivity index (χ1v) is 12.6. The minimum absolute atomic E-state index is 0. The zero-order valence-corrected chi connectivity index (χ0v) is 22.0. The first-order chi connectivity index (χ1) is 15.3. The molecule has 5 atom stereocenters. The summed E-state index contributed by atoms with van der Waals surface area (Å²) in [6.07, 6.45) is 8.65.